The number of carbonyl (C=O) groups excluding carboxylic acids is 1. The molecule has 0 radical (unpaired) electrons. The topological polar surface area (TPSA) is 63.2 Å². The van der Waals surface area contributed by atoms with Crippen LogP contribution in [0.1, 0.15) is 18.4 Å². The van der Waals surface area contributed by atoms with Crippen molar-refractivity contribution >= 4 is 23.4 Å². The highest BCUT2D eigenvalue weighted by molar-refractivity contribution is 6.01. The molecule has 1 aromatic carbocycles. The number of nitrogens with one attached hydrogen (secondary N) is 2. The number of benzene rings is 1. The number of rotatable bonds is 6. The van der Waals surface area contributed by atoms with Crippen LogP contribution in [0.15, 0.2) is 48.8 Å². The number of pyridine rings is 1. The quantitative estimate of drug-likeness (QED) is 0.790. The largest absolute Gasteiger partial charge is 0.380 e. The van der Waals surface area contributed by atoms with Gasteiger partial charge in [0.1, 0.15) is 5.82 Å². The van der Waals surface area contributed by atoms with E-state index in [2.05, 4.69) is 15.6 Å². The Kier molecular flexibility index (Phi) is 5.74. The van der Waals surface area contributed by atoms with E-state index in [1.54, 1.807) is 36.7 Å². The lowest BCUT2D eigenvalue weighted by Crippen LogP contribution is -2.19. The molecule has 0 aliphatic carbocycles. The second-order valence-electron chi connectivity index (χ2n) is 5.82. The summed E-state index contributed by atoms with van der Waals surface area (Å²) in [6, 6.07) is 8.20. The van der Waals surface area contributed by atoms with E-state index in [4.69, 9.17) is 4.74 Å². The van der Waals surface area contributed by atoms with Gasteiger partial charge in [-0.25, -0.2) is 4.39 Å². The van der Waals surface area contributed by atoms with Gasteiger partial charge in [-0.2, -0.15) is 0 Å². The van der Waals surface area contributed by atoms with Crippen LogP contribution in [0, 0.1) is 5.82 Å². The number of aromatic nitrogens is 1. The zero-order valence-electron chi connectivity index (χ0n) is 13.7. The summed E-state index contributed by atoms with van der Waals surface area (Å²) in [6.45, 7) is 1.35. The normalized spacial score (nSPS) is 16.9. The lowest BCUT2D eigenvalue weighted by molar-refractivity contribution is -0.111. The van der Waals surface area contributed by atoms with Gasteiger partial charge in [0.2, 0.25) is 5.91 Å². The molecular formula is C19H20FN3O2. The van der Waals surface area contributed by atoms with Crippen molar-refractivity contribution in [2.24, 2.45) is 0 Å². The molecular weight excluding hydrogens is 321 g/mol. The first kappa shape index (κ1) is 17.1. The summed E-state index contributed by atoms with van der Waals surface area (Å²) in [6.07, 6.45) is 8.52. The Morgan fingerprint density at radius 3 is 3.04 bits per heavy atom. The van der Waals surface area contributed by atoms with Crippen LogP contribution in [0.25, 0.3) is 6.08 Å². The lowest BCUT2D eigenvalue weighted by atomic mass is 10.2. The maximum atomic E-state index is 14.1. The van der Waals surface area contributed by atoms with E-state index in [-0.39, 0.29) is 12.0 Å². The number of hydrogen-bond acceptors (Lipinski definition) is 4. The van der Waals surface area contributed by atoms with E-state index in [1.165, 1.54) is 12.1 Å². The highest BCUT2D eigenvalue weighted by Crippen LogP contribution is 2.20. The molecule has 1 atom stereocenters. The van der Waals surface area contributed by atoms with E-state index in [0.29, 0.717) is 17.9 Å². The summed E-state index contributed by atoms with van der Waals surface area (Å²) in [5, 5.41) is 5.69. The number of amides is 1. The molecule has 3 rings (SSSR count). The predicted octanol–water partition coefficient (Wildman–Crippen LogP) is 3.46. The van der Waals surface area contributed by atoms with Gasteiger partial charge in [-0.3, -0.25) is 9.78 Å². The monoisotopic (exact) mass is 341 g/mol. The SMILES string of the molecule is O=C(/C=C\c1cccnc1)Nc1ccc(NC[C@@H]2CCCO2)c(F)c1. The Hall–Kier alpha value is -2.73. The van der Waals surface area contributed by atoms with Gasteiger partial charge >= 0.3 is 0 Å². The average Bonchev–Trinajstić information content (AvgIpc) is 3.14. The van der Waals surface area contributed by atoms with Crippen molar-refractivity contribution < 1.29 is 13.9 Å². The van der Waals surface area contributed by atoms with Gasteiger partial charge in [0, 0.05) is 37.3 Å². The first-order valence-corrected chi connectivity index (χ1v) is 8.25. The fourth-order valence-corrected chi connectivity index (χ4v) is 2.60. The molecule has 25 heavy (non-hydrogen) atoms. The predicted molar refractivity (Wildman–Crippen MR) is 95.8 cm³/mol. The van der Waals surface area contributed by atoms with Crippen LogP contribution < -0.4 is 10.6 Å². The van der Waals surface area contributed by atoms with Gasteiger partial charge in [-0.1, -0.05) is 6.07 Å². The van der Waals surface area contributed by atoms with Gasteiger partial charge < -0.3 is 15.4 Å². The van der Waals surface area contributed by atoms with E-state index < -0.39 is 5.82 Å². The van der Waals surface area contributed by atoms with E-state index in [0.717, 1.165) is 25.0 Å². The Morgan fingerprint density at radius 1 is 1.40 bits per heavy atom. The van der Waals surface area contributed by atoms with Crippen LogP contribution in [0.4, 0.5) is 15.8 Å². The third kappa shape index (κ3) is 5.12. The van der Waals surface area contributed by atoms with Crippen molar-refractivity contribution in [3.63, 3.8) is 0 Å². The van der Waals surface area contributed by atoms with Gasteiger partial charge in [0.25, 0.3) is 0 Å². The van der Waals surface area contributed by atoms with Crippen LogP contribution in [-0.4, -0.2) is 30.1 Å². The average molecular weight is 341 g/mol. The van der Waals surface area contributed by atoms with Gasteiger partial charge in [0.05, 0.1) is 11.8 Å². The number of halogens is 1. The maximum absolute atomic E-state index is 14.1. The minimum Gasteiger partial charge on any atom is -0.380 e. The van der Waals surface area contributed by atoms with Crippen molar-refractivity contribution in [1.82, 2.24) is 4.98 Å². The van der Waals surface area contributed by atoms with E-state index >= 15 is 0 Å². The summed E-state index contributed by atoms with van der Waals surface area (Å²) >= 11 is 0. The highest BCUT2D eigenvalue weighted by atomic mass is 19.1. The second-order valence-corrected chi connectivity index (χ2v) is 5.82. The smallest absolute Gasteiger partial charge is 0.248 e. The lowest BCUT2D eigenvalue weighted by Gasteiger charge is -2.13. The number of anilines is 2. The Labute approximate surface area is 145 Å². The van der Waals surface area contributed by atoms with Crippen molar-refractivity contribution in [3.05, 3.63) is 60.2 Å². The van der Waals surface area contributed by atoms with Crippen molar-refractivity contribution in [1.29, 1.82) is 0 Å². The first-order valence-electron chi connectivity index (χ1n) is 8.25. The number of hydrogen-bond donors (Lipinski definition) is 2. The molecule has 0 unspecified atom stereocenters. The van der Waals surface area contributed by atoms with Gasteiger partial charge in [0.15, 0.2) is 0 Å². The summed E-state index contributed by atoms with van der Waals surface area (Å²) in [5.41, 5.74) is 1.62. The molecule has 1 saturated heterocycles. The molecule has 1 aromatic heterocycles. The van der Waals surface area contributed by atoms with Gasteiger partial charge in [-0.15, -0.1) is 0 Å². The first-order chi connectivity index (χ1) is 12.2. The summed E-state index contributed by atoms with van der Waals surface area (Å²) in [5.74, 6) is -0.740. The molecule has 2 heterocycles. The third-order valence-corrected chi connectivity index (χ3v) is 3.89. The molecule has 0 bridgehead atoms. The molecule has 0 saturated carbocycles. The second kappa shape index (κ2) is 8.39. The maximum Gasteiger partial charge on any atom is 0.248 e. The Balaban J connectivity index is 1.54. The number of carbonyl (C=O) groups is 1. The summed E-state index contributed by atoms with van der Waals surface area (Å²) in [7, 11) is 0. The van der Waals surface area contributed by atoms with Crippen molar-refractivity contribution in [3.8, 4) is 0 Å². The molecule has 5 nitrogen and oxygen atoms in total. The third-order valence-electron chi connectivity index (χ3n) is 3.89. The molecule has 130 valence electrons. The minimum absolute atomic E-state index is 0.136. The Morgan fingerprint density at radius 2 is 2.32 bits per heavy atom. The molecule has 2 N–H and O–H groups in total. The molecule has 1 fully saturated rings. The standard InChI is InChI=1S/C19H20FN3O2/c20-17-11-15(6-7-18(17)22-13-16-4-2-10-25-16)23-19(24)8-5-14-3-1-9-21-12-14/h1,3,5-9,11-12,16,22H,2,4,10,13H2,(H,23,24)/b8-5-/t16-/m0/s1. The van der Waals surface area contributed by atoms with Crippen LogP contribution in [0.3, 0.4) is 0 Å². The van der Waals surface area contributed by atoms with E-state index in [9.17, 15) is 9.18 Å². The Bertz CT molecular complexity index is 744. The minimum atomic E-state index is -0.410. The van der Waals surface area contributed by atoms with Crippen LogP contribution in [-0.2, 0) is 9.53 Å². The zero-order chi connectivity index (χ0) is 17.5. The fraction of sp³-hybridized carbons (Fsp3) is 0.263. The van der Waals surface area contributed by atoms with Crippen molar-refractivity contribution in [2.75, 3.05) is 23.8 Å². The van der Waals surface area contributed by atoms with Crippen molar-refractivity contribution in [2.45, 2.75) is 18.9 Å². The molecule has 0 spiro atoms. The highest BCUT2D eigenvalue weighted by Gasteiger charge is 2.15. The summed E-state index contributed by atoms with van der Waals surface area (Å²) < 4.78 is 19.6. The number of ether oxygens (including phenoxy) is 1. The van der Waals surface area contributed by atoms with Crippen LogP contribution in [0.2, 0.25) is 0 Å². The molecule has 6 heteroatoms. The number of nitrogens with zero attached hydrogens (tertiary/aromatic N) is 1. The fourth-order valence-electron chi connectivity index (χ4n) is 2.60. The zero-order valence-corrected chi connectivity index (χ0v) is 13.7. The van der Waals surface area contributed by atoms with Gasteiger partial charge in [-0.05, 0) is 48.7 Å². The van der Waals surface area contributed by atoms with E-state index in [1.807, 2.05) is 6.07 Å². The molecule has 1 aliphatic rings. The summed E-state index contributed by atoms with van der Waals surface area (Å²) in [4.78, 5) is 15.9. The molecule has 2 aromatic rings. The molecule has 1 amide bonds. The molecule has 1 aliphatic heterocycles. The van der Waals surface area contributed by atoms with Crippen LogP contribution >= 0.6 is 0 Å². The van der Waals surface area contributed by atoms with Crippen LogP contribution in [0.5, 0.6) is 0 Å².